The molecule has 384 valence electrons. The molecule has 10 nitrogen and oxygen atoms in total. The van der Waals surface area contributed by atoms with Crippen molar-refractivity contribution in [2.45, 2.75) is 200 Å². The maximum Gasteiger partial charge on any atom is 0.534 e. The van der Waals surface area contributed by atoms with Gasteiger partial charge in [-0.05, 0) is 111 Å². The minimum absolute atomic E-state index is 0.0732. The quantitative estimate of drug-likeness (QED) is 0.0140. The molecule has 2 amide bonds. The van der Waals surface area contributed by atoms with Gasteiger partial charge in [0.2, 0.25) is 0 Å². The topological polar surface area (TPSA) is 126 Å². The number of aliphatic hydroxyl groups is 1. The van der Waals surface area contributed by atoms with Gasteiger partial charge in [0.25, 0.3) is 11.8 Å². The second-order valence-electron chi connectivity index (χ2n) is 16.7. The van der Waals surface area contributed by atoms with Crippen molar-refractivity contribution >= 4 is 53.7 Å². The zero-order valence-electron chi connectivity index (χ0n) is 43.6. The van der Waals surface area contributed by atoms with Crippen LogP contribution < -0.4 is 5.73 Å². The van der Waals surface area contributed by atoms with Crippen molar-refractivity contribution in [2.24, 2.45) is 5.73 Å². The second-order valence-corrected chi connectivity index (χ2v) is 17.5. The van der Waals surface area contributed by atoms with Gasteiger partial charge >= 0.3 is 6.16 Å². The highest BCUT2D eigenvalue weighted by Crippen LogP contribution is 2.15. The average molecular weight is 981 g/mol. The fourth-order valence-electron chi connectivity index (χ4n) is 6.20. The smallest absolute Gasteiger partial charge is 0.431 e. The first-order valence-electron chi connectivity index (χ1n) is 25.4. The van der Waals surface area contributed by atoms with Crippen LogP contribution in [0.2, 0.25) is 0 Å². The number of ether oxygens (including phenoxy) is 1. The number of hydroxylamine groups is 2. The highest BCUT2D eigenvalue weighted by atomic mass is 35.5. The molecule has 0 aromatic rings. The van der Waals surface area contributed by atoms with Crippen LogP contribution in [0.15, 0.2) is 48.6 Å². The van der Waals surface area contributed by atoms with Crippen molar-refractivity contribution in [3.05, 3.63) is 48.6 Å². The normalized spacial score (nSPS) is 12.7. The number of halogens is 2. The molecule has 1 fully saturated rings. The summed E-state index contributed by atoms with van der Waals surface area (Å²) >= 11 is 10.5. The summed E-state index contributed by atoms with van der Waals surface area (Å²) in [7, 11) is 7.50. The third kappa shape index (κ3) is 62.1. The Kier molecular flexibility index (Phi) is 62.4. The van der Waals surface area contributed by atoms with E-state index >= 15 is 0 Å². The number of aliphatic hydroxyl groups excluding tert-OH is 1. The molecular formula is C52H100Cl2N4O6S. The predicted octanol–water partition coefficient (Wildman–Crippen LogP) is 14.0. The number of rotatable bonds is 36. The lowest BCUT2D eigenvalue weighted by Crippen LogP contribution is -2.33. The number of carbonyl (C=O) groups excluding carboxylic acids is 3. The van der Waals surface area contributed by atoms with Crippen molar-refractivity contribution in [3.63, 3.8) is 0 Å². The number of amides is 2. The molecule has 0 radical (unpaired) electrons. The van der Waals surface area contributed by atoms with Crippen molar-refractivity contribution in [1.82, 2.24) is 14.9 Å². The van der Waals surface area contributed by atoms with E-state index < -0.39 is 18.0 Å². The number of allylic oxidation sites excluding steroid dienone is 8. The lowest BCUT2D eigenvalue weighted by atomic mass is 10.0. The first-order valence-corrected chi connectivity index (χ1v) is 26.9. The monoisotopic (exact) mass is 980 g/mol. The zero-order valence-corrected chi connectivity index (χ0v) is 44.9. The number of unbranched alkanes of at least 4 members (excludes halogenated alkanes) is 18. The molecule has 0 aliphatic carbocycles. The molecule has 1 aliphatic heterocycles. The number of nitrogens with two attached hydrogens (primary N) is 1. The lowest BCUT2D eigenvalue weighted by Gasteiger charge is -2.13. The highest BCUT2D eigenvalue weighted by Gasteiger charge is 2.33. The van der Waals surface area contributed by atoms with Gasteiger partial charge in [-0.25, -0.2) is 4.79 Å². The Balaban J connectivity index is -0.000000554. The molecule has 1 rings (SSSR count). The minimum atomic E-state index is -1.04. The van der Waals surface area contributed by atoms with Crippen molar-refractivity contribution in [1.29, 1.82) is 1.12 Å². The van der Waals surface area contributed by atoms with E-state index in [4.69, 9.17) is 35.2 Å². The van der Waals surface area contributed by atoms with Crippen LogP contribution in [0.3, 0.4) is 0 Å². The Hall–Kier alpha value is -1.86. The van der Waals surface area contributed by atoms with E-state index in [1.54, 1.807) is 6.26 Å². The van der Waals surface area contributed by atoms with Crippen LogP contribution in [0.4, 0.5) is 4.79 Å². The maximum absolute atomic E-state index is 11.1. The van der Waals surface area contributed by atoms with Gasteiger partial charge in [-0.1, -0.05) is 157 Å². The van der Waals surface area contributed by atoms with Crippen LogP contribution in [0, 0.1) is 0 Å². The van der Waals surface area contributed by atoms with Crippen molar-refractivity contribution in [2.75, 3.05) is 66.1 Å². The van der Waals surface area contributed by atoms with E-state index in [0.717, 1.165) is 31.9 Å². The van der Waals surface area contributed by atoms with E-state index in [2.05, 4.69) is 72.0 Å². The van der Waals surface area contributed by atoms with Crippen LogP contribution >= 0.6 is 35.7 Å². The van der Waals surface area contributed by atoms with Gasteiger partial charge in [-0.15, -0.1) is 23.2 Å². The van der Waals surface area contributed by atoms with Crippen LogP contribution in [-0.4, -0.2) is 111 Å². The van der Waals surface area contributed by atoms with E-state index in [0.29, 0.717) is 17.6 Å². The molecule has 65 heavy (non-hydrogen) atoms. The molecule has 0 aromatic carbocycles. The third-order valence-electron chi connectivity index (χ3n) is 10.0. The van der Waals surface area contributed by atoms with Crippen LogP contribution in [0.1, 0.15) is 194 Å². The van der Waals surface area contributed by atoms with Crippen LogP contribution in [-0.2, 0) is 19.2 Å². The number of nitrogens with zero attached hydrogens (tertiary/aromatic N) is 3. The fraction of sp³-hybridized carbons (Fsp3) is 0.788. The molecule has 0 atom stereocenters. The summed E-state index contributed by atoms with van der Waals surface area (Å²) in [5.74, 6) is -1.04. The maximum atomic E-state index is 11.1. The van der Waals surface area contributed by atoms with Gasteiger partial charge < -0.3 is 25.4 Å². The summed E-state index contributed by atoms with van der Waals surface area (Å²) in [5.41, 5.74) is 6.37. The molecule has 1 saturated heterocycles. The number of hydrogen-bond donors (Lipinski definition) is 3. The summed E-state index contributed by atoms with van der Waals surface area (Å²) in [6, 6.07) is 0.437. The molecule has 13 heteroatoms. The van der Waals surface area contributed by atoms with Crippen LogP contribution in [0.25, 0.3) is 0 Å². The number of hydrogen-bond acceptors (Lipinski definition) is 10. The molecule has 1 heterocycles. The molecule has 1 aliphatic rings. The molecule has 0 unspecified atom stereocenters. The third-order valence-corrected chi connectivity index (χ3v) is 10.0. The first kappa shape index (κ1) is 67.4. The first-order chi connectivity index (χ1) is 31.9. The second kappa shape index (κ2) is 60.2. The standard InChI is InChI=1S/C37H69N.C9H14N2O5.C4H11NO.CH2Cl2.CH4S/c1-3-5-7-9-11-13-15-17-19-21-23-25-27-29-31-33-35-37(38)36-34-32-30-28-26-24-22-20-18-16-14-12-10-8-6-4-2;1-10(2)5-6-15-9(14)16-11-7(12)3-4-8(11)13;1-5(2)3-4-6;2-1-3;1-2/h11-14,17-20,37H,3-10,15-16,21-36,38H2,1-2H3;3-6H2,1-2H3;6H,3-4H2,1-2H3;1H2;2H,1H3/b13-11-,14-12-,19-17-,20-18-;;;;/i/hD. The Labute approximate surface area is 417 Å². The van der Waals surface area contributed by atoms with E-state index in [1.807, 2.05) is 38.0 Å². The van der Waals surface area contributed by atoms with Gasteiger partial charge in [-0.2, -0.15) is 12.5 Å². The molecular weight excluding hydrogens is 880 g/mol. The predicted molar refractivity (Wildman–Crippen MR) is 285 cm³/mol. The number of carbonyl (C=O) groups is 3. The highest BCUT2D eigenvalue weighted by molar-refractivity contribution is 7.79. The van der Waals surface area contributed by atoms with Gasteiger partial charge in [0, 0.05) is 32.0 Å². The van der Waals surface area contributed by atoms with E-state index in [1.165, 1.54) is 154 Å². The summed E-state index contributed by atoms with van der Waals surface area (Å²) in [5, 5.41) is 8.85. The minimum Gasteiger partial charge on any atom is -0.431 e. The van der Waals surface area contributed by atoms with Gasteiger partial charge in [0.05, 0.1) is 11.9 Å². The van der Waals surface area contributed by atoms with Gasteiger partial charge in [0.1, 0.15) is 7.73 Å². The van der Waals surface area contributed by atoms with Gasteiger partial charge in [-0.3, -0.25) is 14.4 Å². The number of likely N-dealkylation sites (N-methyl/N-ethyl adjacent to an activating group) is 2. The molecule has 0 saturated carbocycles. The molecule has 0 spiro atoms. The number of thiol groups is 1. The Bertz CT molecular complexity index is 1080. The lowest BCUT2D eigenvalue weighted by molar-refractivity contribution is -0.177. The Morgan fingerprint density at radius 1 is 0.677 bits per heavy atom. The van der Waals surface area contributed by atoms with E-state index in [9.17, 15) is 14.4 Å². The zero-order chi connectivity index (χ0) is 50.2. The summed E-state index contributed by atoms with van der Waals surface area (Å²) in [4.78, 5) is 41.4. The van der Waals surface area contributed by atoms with Crippen LogP contribution in [0.5, 0.6) is 0 Å². The number of imide groups is 1. The molecule has 0 aromatic heterocycles. The van der Waals surface area contributed by atoms with E-state index in [-0.39, 0.29) is 31.4 Å². The summed E-state index contributed by atoms with van der Waals surface area (Å²) in [6.45, 7) is 6.23. The van der Waals surface area contributed by atoms with Gasteiger partial charge in [0.15, 0.2) is 0 Å². The van der Waals surface area contributed by atoms with Crippen molar-refractivity contribution < 1.29 is 29.1 Å². The fourth-order valence-corrected chi connectivity index (χ4v) is 6.20. The largest absolute Gasteiger partial charge is 0.534 e. The molecule has 3 N–H and O–H groups in total. The summed E-state index contributed by atoms with van der Waals surface area (Å²) in [6.07, 6.45) is 53.8. The average Bonchev–Trinajstić information content (AvgIpc) is 3.59. The molecule has 0 bridgehead atoms. The number of alkyl halides is 2. The van der Waals surface area contributed by atoms with Crippen molar-refractivity contribution in [3.8, 4) is 0 Å². The Morgan fingerprint density at radius 3 is 1.34 bits per heavy atom. The summed E-state index contributed by atoms with van der Waals surface area (Å²) < 4.78 is 10.8. The SMILES string of the molecule is CCCCC/C=C\C/C=C\CCCCCCCCC(N)CCCCCCCC/C=C\C/C=C\CCCCC.CN(C)CCO.CN(C)CCOC(=O)ON1C(=O)CCC1=O.ClCCl.[2H]SC. The Morgan fingerprint density at radius 2 is 1.02 bits per heavy atom.